The topological polar surface area (TPSA) is 201 Å². The van der Waals surface area contributed by atoms with Crippen LogP contribution in [0.2, 0.25) is 0 Å². The number of halogens is 4. The molecule has 0 N–H and O–H groups in total. The van der Waals surface area contributed by atoms with Crippen molar-refractivity contribution in [1.29, 1.82) is 0 Å². The fourth-order valence-corrected chi connectivity index (χ4v) is 12.4. The first-order valence-electron chi connectivity index (χ1n) is 13.3. The zero-order chi connectivity index (χ0) is 37.5. The van der Waals surface area contributed by atoms with E-state index < -0.39 is 96.5 Å². The molecule has 268 valence electrons. The van der Waals surface area contributed by atoms with Crippen LogP contribution in [-0.2, 0) is 71.5 Å². The third-order valence-electron chi connectivity index (χ3n) is 5.57. The Kier molecular flexibility index (Phi) is 29.8. The van der Waals surface area contributed by atoms with E-state index in [4.69, 9.17) is 29.3 Å². The monoisotopic (exact) mass is 1210 g/mol. The van der Waals surface area contributed by atoms with Crippen molar-refractivity contribution in [3.05, 3.63) is 0 Å². The van der Waals surface area contributed by atoms with Crippen LogP contribution in [-0.4, -0.2) is 134 Å². The summed E-state index contributed by atoms with van der Waals surface area (Å²) in [6.45, 7) is -1.05. The molecule has 27 heteroatoms. The molecule has 1 aliphatic heterocycles. The Morgan fingerprint density at radius 1 is 0.918 bits per heavy atom. The number of carbonyl (C=O) groups excluding carboxylic acids is 8. The zero-order valence-corrected chi connectivity index (χ0v) is 38.5. The van der Waals surface area contributed by atoms with Crippen LogP contribution < -0.4 is 20.7 Å². The molecule has 15 nitrogen and oxygen atoms in total. The van der Waals surface area contributed by atoms with Crippen molar-refractivity contribution in [3.8, 4) is 0 Å². The summed E-state index contributed by atoms with van der Waals surface area (Å²) in [7, 11) is 15.4. The fraction of sp³-hybridized carbons (Fsp3) is 0.636. The Morgan fingerprint density at radius 2 is 1.47 bits per heavy atom. The summed E-state index contributed by atoms with van der Waals surface area (Å²) in [6, 6.07) is 0. The number of carbonyl (C=O) groups is 8. The second-order valence-electron chi connectivity index (χ2n) is 8.86. The van der Waals surface area contributed by atoms with Crippen molar-refractivity contribution in [2.24, 2.45) is 0 Å². The summed E-state index contributed by atoms with van der Waals surface area (Å²) in [5.74, 6) is -5.03. The summed E-state index contributed by atoms with van der Waals surface area (Å²) in [5.41, 5.74) is -3.57. The summed E-state index contributed by atoms with van der Waals surface area (Å²) in [6.07, 6.45) is -1.84. The molecule has 0 bridgehead atoms. The van der Waals surface area contributed by atoms with Gasteiger partial charge in [-0.1, -0.05) is 0 Å². The molecule has 1 heterocycles. The molecule has 6 radical (unpaired) electrons. The van der Waals surface area contributed by atoms with E-state index in [1.54, 1.807) is 4.86 Å². The van der Waals surface area contributed by atoms with Crippen molar-refractivity contribution in [3.63, 3.8) is 0 Å². The van der Waals surface area contributed by atoms with Crippen LogP contribution in [0.25, 0.3) is 0 Å². The average molecular weight is 1210 g/mol. The van der Waals surface area contributed by atoms with Crippen LogP contribution in [0.5, 0.6) is 0 Å². The van der Waals surface area contributed by atoms with Crippen molar-refractivity contribution >= 4 is 168 Å². The van der Waals surface area contributed by atoms with Gasteiger partial charge in [-0.2, -0.15) is 22.4 Å². The number of hydrogen-bond acceptors (Lipinski definition) is 15. The Balaban J connectivity index is 0.00000195. The maximum atomic E-state index is 12.9. The molecule has 0 amide bonds. The third kappa shape index (κ3) is 22.0. The summed E-state index contributed by atoms with van der Waals surface area (Å²) < 4.78 is 33.4. The number of hydrogen-bond donors (Lipinski definition) is 0. The molecule has 0 spiro atoms. The van der Waals surface area contributed by atoms with Gasteiger partial charge in [-0.05, 0) is 0 Å². The van der Waals surface area contributed by atoms with Crippen molar-refractivity contribution < 1.29 is 92.2 Å². The van der Waals surface area contributed by atoms with E-state index in [9.17, 15) is 38.4 Å². The number of esters is 8. The predicted molar refractivity (Wildman–Crippen MR) is 210 cm³/mol. The standard InChI is InChI=1S/C18H25B3I3O12P3.C4H4BIO3P/c1-31-13(25)4-10(24-38-19)16(28)34-7-9(36-18(30)12(39(20)23)6-15(27)33-3)8-35-17(29)11(37-21-22)5-14(26)32-2;6-5-10-2-1-3(7)9-4(2)8/h9-12,37-38H,4-8H2,1-3H3;2,10H,1H2/q-1;. The molecule has 1 rings (SSSR count). The minimum absolute atomic E-state index is 0.0413. The van der Waals surface area contributed by atoms with Crippen LogP contribution >= 0.6 is 95.3 Å². The number of alkyl halides is 1. The van der Waals surface area contributed by atoms with E-state index in [2.05, 4.69) is 41.3 Å². The van der Waals surface area contributed by atoms with Gasteiger partial charge in [-0.3, -0.25) is 9.59 Å². The van der Waals surface area contributed by atoms with Gasteiger partial charge in [0, 0.05) is 0 Å². The van der Waals surface area contributed by atoms with E-state index >= 15 is 0 Å². The number of cyclic esters (lactones) is 2. The summed E-state index contributed by atoms with van der Waals surface area (Å²) in [4.78, 5) is 98.0. The molecule has 0 aliphatic carbocycles. The molecule has 0 aromatic rings. The summed E-state index contributed by atoms with van der Waals surface area (Å²) in [5, 5.41) is 0. The minimum atomic E-state index is -1.51. The van der Waals surface area contributed by atoms with E-state index in [1.807, 2.05) is 49.3 Å². The van der Waals surface area contributed by atoms with Gasteiger partial charge in [0.05, 0.1) is 19.2 Å². The van der Waals surface area contributed by atoms with Gasteiger partial charge in [0.2, 0.25) is 4.86 Å². The van der Waals surface area contributed by atoms with E-state index in [-0.39, 0.29) is 57.8 Å². The van der Waals surface area contributed by atoms with Crippen molar-refractivity contribution in [1.82, 2.24) is 0 Å². The molecule has 0 saturated carbocycles. The van der Waals surface area contributed by atoms with Gasteiger partial charge in [-0.25, -0.2) is 0 Å². The van der Waals surface area contributed by atoms with Gasteiger partial charge >= 0.3 is 278 Å². The Bertz CT molecular complexity index is 1110. The van der Waals surface area contributed by atoms with Gasteiger partial charge in [0.1, 0.15) is 0 Å². The zero-order valence-electron chi connectivity index (χ0n) is 26.0. The SMILES string of the molecule is O=C1CC(P[B]I)C(=O)O1.[B]P[I-]C(CC(=O)OC)C(=O)OCC(COC(=O)C(CC(=O)OC)P[B]I)OC(=O)C(CC(=O)OC)P([B])I. The Hall–Kier alpha value is 0.860. The van der Waals surface area contributed by atoms with Gasteiger partial charge in [-0.15, -0.1) is 8.46 Å². The van der Waals surface area contributed by atoms with Crippen LogP contribution in [0.4, 0.5) is 0 Å². The van der Waals surface area contributed by atoms with Crippen molar-refractivity contribution in [2.75, 3.05) is 34.5 Å². The van der Waals surface area contributed by atoms with Crippen LogP contribution in [0.3, 0.4) is 0 Å². The van der Waals surface area contributed by atoms with Gasteiger partial charge in [0.25, 0.3) is 0 Å². The molecule has 49 heavy (non-hydrogen) atoms. The molecule has 0 aromatic carbocycles. The molecule has 9 unspecified atom stereocenters. The Labute approximate surface area is 343 Å². The second-order valence-corrected chi connectivity index (χ2v) is 25.4. The third-order valence-corrected chi connectivity index (χ3v) is 17.3. The number of ether oxygens (including phenoxy) is 7. The van der Waals surface area contributed by atoms with Crippen LogP contribution in [0, 0.1) is 0 Å². The molecule has 1 fully saturated rings. The molecule has 9 atom stereocenters. The molecular weight excluding hydrogens is 1180 g/mol. The number of methoxy groups -OCH3 is 3. The van der Waals surface area contributed by atoms with E-state index in [0.29, 0.717) is 8.46 Å². The second kappa shape index (κ2) is 29.2. The molecular formula is C22H29B4I4O15P4-. The predicted octanol–water partition coefficient (Wildman–Crippen LogP) is -1.41. The Morgan fingerprint density at radius 3 is 1.94 bits per heavy atom. The number of rotatable bonds is 21. The first-order chi connectivity index (χ1) is 23.2. The van der Waals surface area contributed by atoms with Gasteiger partial charge in [0.15, 0.2) is 0 Å². The normalized spacial score (nSPS) is 17.3. The average Bonchev–Trinajstić information content (AvgIpc) is 3.39. The van der Waals surface area contributed by atoms with Crippen molar-refractivity contribution in [2.45, 2.75) is 52.7 Å². The molecule has 1 saturated heterocycles. The van der Waals surface area contributed by atoms with E-state index in [0.717, 1.165) is 7.11 Å². The quantitative estimate of drug-likeness (QED) is 0.0247. The van der Waals surface area contributed by atoms with Crippen LogP contribution in [0.15, 0.2) is 0 Å². The summed E-state index contributed by atoms with van der Waals surface area (Å²) >= 11 is 4.89. The van der Waals surface area contributed by atoms with Gasteiger partial charge < -0.3 is 4.74 Å². The molecule has 1 aliphatic rings. The van der Waals surface area contributed by atoms with E-state index in [1.165, 1.54) is 14.2 Å². The fourth-order valence-electron chi connectivity index (χ4n) is 3.10. The first kappa shape index (κ1) is 49.9. The molecule has 0 aromatic heterocycles. The van der Waals surface area contributed by atoms with Crippen LogP contribution in [0.1, 0.15) is 25.7 Å². The first-order valence-corrected chi connectivity index (χ1v) is 27.8. The maximum absolute atomic E-state index is 12.9.